The number of aryl methyl sites for hydroxylation is 1. The van der Waals surface area contributed by atoms with E-state index in [1.165, 1.54) is 24.3 Å². The van der Waals surface area contributed by atoms with Crippen LogP contribution in [0.2, 0.25) is 0 Å². The van der Waals surface area contributed by atoms with E-state index >= 15 is 0 Å². The maximum atomic E-state index is 11.9. The van der Waals surface area contributed by atoms with E-state index in [0.29, 0.717) is 11.3 Å². The smallest absolute Gasteiger partial charge is 0.271 e. The lowest BCUT2D eigenvalue weighted by molar-refractivity contribution is -0.384. The van der Waals surface area contributed by atoms with Crippen molar-refractivity contribution in [1.29, 1.82) is 0 Å². The van der Waals surface area contributed by atoms with Crippen LogP contribution < -0.4 is 10.6 Å². The van der Waals surface area contributed by atoms with Crippen LogP contribution in [0.3, 0.4) is 0 Å². The normalized spacial score (nSPS) is 9.96. The minimum Gasteiger partial charge on any atom is -0.343 e. The molecule has 7 nitrogen and oxygen atoms in total. The lowest BCUT2D eigenvalue weighted by Crippen LogP contribution is -2.32. The second-order valence-electron chi connectivity index (χ2n) is 4.91. The molecule has 0 aromatic heterocycles. The summed E-state index contributed by atoms with van der Waals surface area (Å²) in [4.78, 5) is 33.8. The van der Waals surface area contributed by atoms with Gasteiger partial charge in [0.05, 0.1) is 11.5 Å². The molecule has 0 aliphatic rings. The Kier molecular flexibility index (Phi) is 5.03. The molecule has 2 aromatic carbocycles. The second-order valence-corrected chi connectivity index (χ2v) is 4.91. The Labute approximate surface area is 132 Å². The summed E-state index contributed by atoms with van der Waals surface area (Å²) in [5, 5.41) is 15.7. The van der Waals surface area contributed by atoms with Crippen molar-refractivity contribution in [3.8, 4) is 0 Å². The van der Waals surface area contributed by atoms with Crippen LogP contribution in [0, 0.1) is 17.0 Å². The van der Waals surface area contributed by atoms with Gasteiger partial charge in [-0.3, -0.25) is 19.7 Å². The Balaban J connectivity index is 1.91. The molecule has 0 saturated carbocycles. The summed E-state index contributed by atoms with van der Waals surface area (Å²) < 4.78 is 0. The molecule has 2 aromatic rings. The highest BCUT2D eigenvalue weighted by atomic mass is 16.6. The van der Waals surface area contributed by atoms with Crippen molar-refractivity contribution in [3.05, 3.63) is 69.8 Å². The lowest BCUT2D eigenvalue weighted by atomic mass is 10.1. The quantitative estimate of drug-likeness (QED) is 0.653. The maximum absolute atomic E-state index is 11.9. The van der Waals surface area contributed by atoms with E-state index in [2.05, 4.69) is 10.6 Å². The van der Waals surface area contributed by atoms with Gasteiger partial charge in [0, 0.05) is 23.4 Å². The first-order chi connectivity index (χ1) is 11.0. The molecular formula is C16H15N3O4. The van der Waals surface area contributed by atoms with Gasteiger partial charge < -0.3 is 10.6 Å². The number of nitro groups is 1. The Morgan fingerprint density at radius 2 is 1.87 bits per heavy atom. The SMILES string of the molecule is Cc1cccc(C(=O)NCC(=O)Nc2cccc([N+](=O)[O-])c2)c1. The summed E-state index contributed by atoms with van der Waals surface area (Å²) in [5.74, 6) is -0.825. The monoisotopic (exact) mass is 313 g/mol. The summed E-state index contributed by atoms with van der Waals surface area (Å²) in [6, 6.07) is 12.6. The highest BCUT2D eigenvalue weighted by Crippen LogP contribution is 2.16. The van der Waals surface area contributed by atoms with Crippen LogP contribution in [0.4, 0.5) is 11.4 Å². The minimum absolute atomic E-state index is 0.119. The highest BCUT2D eigenvalue weighted by Gasteiger charge is 2.10. The van der Waals surface area contributed by atoms with Crippen molar-refractivity contribution in [2.75, 3.05) is 11.9 Å². The van der Waals surface area contributed by atoms with Gasteiger partial charge in [0.25, 0.3) is 11.6 Å². The number of nitrogens with one attached hydrogen (secondary N) is 2. The predicted molar refractivity (Wildman–Crippen MR) is 85.2 cm³/mol. The zero-order valence-corrected chi connectivity index (χ0v) is 12.4. The van der Waals surface area contributed by atoms with Crippen molar-refractivity contribution in [2.45, 2.75) is 6.92 Å². The van der Waals surface area contributed by atoms with E-state index in [4.69, 9.17) is 0 Å². The van der Waals surface area contributed by atoms with E-state index in [9.17, 15) is 19.7 Å². The average Bonchev–Trinajstić information content (AvgIpc) is 2.53. The third-order valence-corrected chi connectivity index (χ3v) is 3.03. The Bertz CT molecular complexity index is 758. The molecule has 2 rings (SSSR count). The number of nitrogens with zero attached hydrogens (tertiary/aromatic N) is 1. The topological polar surface area (TPSA) is 101 Å². The summed E-state index contributed by atoms with van der Waals surface area (Å²) in [5.41, 5.74) is 1.59. The van der Waals surface area contributed by atoms with Crippen molar-refractivity contribution in [1.82, 2.24) is 5.32 Å². The highest BCUT2D eigenvalue weighted by molar-refractivity contribution is 5.99. The molecule has 0 unspecified atom stereocenters. The molecule has 7 heteroatoms. The maximum Gasteiger partial charge on any atom is 0.271 e. The molecule has 0 bridgehead atoms. The standard InChI is InChI=1S/C16H15N3O4/c1-11-4-2-5-12(8-11)16(21)17-10-15(20)18-13-6-3-7-14(9-13)19(22)23/h2-9H,10H2,1H3,(H,17,21)(H,18,20). The van der Waals surface area contributed by atoms with Crippen LogP contribution >= 0.6 is 0 Å². The first-order valence-electron chi connectivity index (χ1n) is 6.85. The van der Waals surface area contributed by atoms with Crippen LogP contribution in [0.25, 0.3) is 0 Å². The zero-order valence-electron chi connectivity index (χ0n) is 12.4. The van der Waals surface area contributed by atoms with Gasteiger partial charge in [-0.05, 0) is 25.1 Å². The van der Waals surface area contributed by atoms with E-state index < -0.39 is 10.8 Å². The molecule has 0 saturated heterocycles. The number of benzene rings is 2. The van der Waals surface area contributed by atoms with Crippen molar-refractivity contribution in [3.63, 3.8) is 0 Å². The molecule has 118 valence electrons. The van der Waals surface area contributed by atoms with Crippen LogP contribution in [0.1, 0.15) is 15.9 Å². The third-order valence-electron chi connectivity index (χ3n) is 3.03. The molecule has 0 fully saturated rings. The van der Waals surface area contributed by atoms with Gasteiger partial charge in [-0.1, -0.05) is 23.8 Å². The van der Waals surface area contributed by atoms with Gasteiger partial charge >= 0.3 is 0 Å². The number of rotatable bonds is 5. The number of carbonyl (C=O) groups is 2. The first kappa shape index (κ1) is 16.2. The first-order valence-corrected chi connectivity index (χ1v) is 6.85. The molecule has 0 atom stereocenters. The minimum atomic E-state index is -0.546. The number of nitro benzene ring substituents is 1. The number of anilines is 1. The van der Waals surface area contributed by atoms with Crippen molar-refractivity contribution in [2.24, 2.45) is 0 Å². The van der Waals surface area contributed by atoms with Crippen LogP contribution in [-0.2, 0) is 4.79 Å². The van der Waals surface area contributed by atoms with Crippen molar-refractivity contribution < 1.29 is 14.5 Å². The molecular weight excluding hydrogens is 298 g/mol. The van der Waals surface area contributed by atoms with Crippen molar-refractivity contribution >= 4 is 23.2 Å². The molecule has 0 aliphatic heterocycles. The van der Waals surface area contributed by atoms with E-state index in [0.717, 1.165) is 5.56 Å². The Hall–Kier alpha value is -3.22. The number of hydrogen-bond acceptors (Lipinski definition) is 4. The number of amides is 2. The average molecular weight is 313 g/mol. The molecule has 0 aliphatic carbocycles. The number of carbonyl (C=O) groups excluding carboxylic acids is 2. The van der Waals surface area contributed by atoms with Gasteiger partial charge in [-0.2, -0.15) is 0 Å². The van der Waals surface area contributed by atoms with Gasteiger partial charge in [0.1, 0.15) is 0 Å². The largest absolute Gasteiger partial charge is 0.343 e. The number of hydrogen-bond donors (Lipinski definition) is 2. The Morgan fingerprint density at radius 3 is 2.57 bits per heavy atom. The van der Waals surface area contributed by atoms with Crippen LogP contribution in [-0.4, -0.2) is 23.3 Å². The fraction of sp³-hybridized carbons (Fsp3) is 0.125. The van der Waals surface area contributed by atoms with Gasteiger partial charge in [0.2, 0.25) is 5.91 Å². The molecule has 0 spiro atoms. The molecule has 2 amide bonds. The summed E-state index contributed by atoms with van der Waals surface area (Å²) >= 11 is 0. The summed E-state index contributed by atoms with van der Waals surface area (Å²) in [7, 11) is 0. The van der Waals surface area contributed by atoms with Crippen LogP contribution in [0.5, 0.6) is 0 Å². The predicted octanol–water partition coefficient (Wildman–Crippen LogP) is 2.27. The van der Waals surface area contributed by atoms with Gasteiger partial charge in [0.15, 0.2) is 0 Å². The molecule has 2 N–H and O–H groups in total. The fourth-order valence-electron chi connectivity index (χ4n) is 1.95. The van der Waals surface area contributed by atoms with Crippen LogP contribution in [0.15, 0.2) is 48.5 Å². The second kappa shape index (κ2) is 7.17. The van der Waals surface area contributed by atoms with Gasteiger partial charge in [-0.25, -0.2) is 0 Å². The summed E-state index contributed by atoms with van der Waals surface area (Å²) in [6.07, 6.45) is 0. The molecule has 0 heterocycles. The third kappa shape index (κ3) is 4.63. The Morgan fingerprint density at radius 1 is 1.13 bits per heavy atom. The summed E-state index contributed by atoms with van der Waals surface area (Å²) in [6.45, 7) is 1.64. The van der Waals surface area contributed by atoms with Gasteiger partial charge in [-0.15, -0.1) is 0 Å². The fourth-order valence-corrected chi connectivity index (χ4v) is 1.95. The van der Waals surface area contributed by atoms with E-state index in [1.807, 2.05) is 13.0 Å². The lowest BCUT2D eigenvalue weighted by Gasteiger charge is -2.07. The molecule has 0 radical (unpaired) electrons. The van der Waals surface area contributed by atoms with E-state index in [-0.39, 0.29) is 18.1 Å². The zero-order chi connectivity index (χ0) is 16.8. The number of non-ortho nitro benzene ring substituents is 1. The molecule has 23 heavy (non-hydrogen) atoms. The van der Waals surface area contributed by atoms with E-state index in [1.54, 1.807) is 18.2 Å².